The van der Waals surface area contributed by atoms with Crippen molar-refractivity contribution in [3.8, 4) is 17.3 Å². The van der Waals surface area contributed by atoms with Gasteiger partial charge in [0, 0.05) is 11.8 Å². The molecule has 0 fully saturated rings. The van der Waals surface area contributed by atoms with Crippen molar-refractivity contribution in [3.05, 3.63) is 75.2 Å². The molecule has 128 valence electrons. The molecule has 26 heavy (non-hydrogen) atoms. The number of halogens is 1. The summed E-state index contributed by atoms with van der Waals surface area (Å²) in [6.07, 6.45) is 4.56. The summed E-state index contributed by atoms with van der Waals surface area (Å²) in [5, 5.41) is 14.0. The summed E-state index contributed by atoms with van der Waals surface area (Å²) < 4.78 is 19.3. The van der Waals surface area contributed by atoms with Gasteiger partial charge in [-0.1, -0.05) is 17.0 Å². The first-order valence-corrected chi connectivity index (χ1v) is 7.64. The number of fused-ring (bicyclic) bond motifs is 1. The second-order valence-electron chi connectivity index (χ2n) is 5.69. The molecule has 1 aliphatic rings. The fourth-order valence-electron chi connectivity index (χ4n) is 2.48. The number of pyridine rings is 1. The summed E-state index contributed by atoms with van der Waals surface area (Å²) in [5.74, 6) is -0.881. The first kappa shape index (κ1) is 15.8. The number of aryl methyl sites for hydroxylation is 1. The Bertz CT molecular complexity index is 1240. The zero-order valence-corrected chi connectivity index (χ0v) is 13.5. The maximum absolute atomic E-state index is 12.9. The molecule has 0 bridgehead atoms. The zero-order chi connectivity index (χ0) is 18.3. The van der Waals surface area contributed by atoms with Crippen LogP contribution in [0.4, 0.5) is 4.39 Å². The molecule has 8 heteroatoms. The Hall–Kier alpha value is -3.73. The van der Waals surface area contributed by atoms with Crippen molar-refractivity contribution in [2.75, 3.05) is 0 Å². The van der Waals surface area contributed by atoms with E-state index >= 15 is 0 Å². The molecule has 1 aliphatic carbocycles. The minimum Gasteiger partial charge on any atom is -0.501 e. The highest BCUT2D eigenvalue weighted by atomic mass is 19.1. The first-order chi connectivity index (χ1) is 12.5. The van der Waals surface area contributed by atoms with E-state index in [1.54, 1.807) is 18.3 Å². The predicted octanol–water partition coefficient (Wildman–Crippen LogP) is 2.40. The van der Waals surface area contributed by atoms with Crippen LogP contribution >= 0.6 is 0 Å². The first-order valence-electron chi connectivity index (χ1n) is 7.64. The average molecular weight is 350 g/mol. The van der Waals surface area contributed by atoms with Gasteiger partial charge in [-0.05, 0) is 36.4 Å². The number of allylic oxidation sites excluding steroid dienone is 4. The van der Waals surface area contributed by atoms with E-state index in [2.05, 4.69) is 26.6 Å². The summed E-state index contributed by atoms with van der Waals surface area (Å²) in [6.45, 7) is 1.83. The minimum atomic E-state index is -0.624. The van der Waals surface area contributed by atoms with Gasteiger partial charge < -0.3 is 9.63 Å². The number of aromatic nitrogens is 4. The van der Waals surface area contributed by atoms with Crippen LogP contribution in [0.3, 0.4) is 0 Å². The number of hydrogen-bond acceptors (Lipinski definition) is 6. The van der Waals surface area contributed by atoms with Crippen molar-refractivity contribution in [2.24, 2.45) is 0 Å². The van der Waals surface area contributed by atoms with Crippen LogP contribution in [-0.4, -0.2) is 24.6 Å². The molecule has 0 atom stereocenters. The van der Waals surface area contributed by atoms with Gasteiger partial charge in [0.15, 0.2) is 11.5 Å². The van der Waals surface area contributed by atoms with E-state index in [1.807, 2.05) is 6.92 Å². The van der Waals surface area contributed by atoms with Crippen molar-refractivity contribution in [3.63, 3.8) is 0 Å². The molecule has 4 rings (SSSR count). The average Bonchev–Trinajstić information content (AvgIpc) is 3.09. The maximum Gasteiger partial charge on any atom is 0.300 e. The third-order valence-corrected chi connectivity index (χ3v) is 3.74. The van der Waals surface area contributed by atoms with Crippen molar-refractivity contribution in [2.45, 2.75) is 13.3 Å². The Morgan fingerprint density at radius 1 is 1.27 bits per heavy atom. The third-order valence-electron chi connectivity index (χ3n) is 3.74. The van der Waals surface area contributed by atoms with Gasteiger partial charge in [-0.15, -0.1) is 0 Å². The van der Waals surface area contributed by atoms with Gasteiger partial charge in [-0.3, -0.25) is 9.20 Å². The van der Waals surface area contributed by atoms with Crippen molar-refractivity contribution in [1.82, 2.24) is 19.5 Å². The van der Waals surface area contributed by atoms with Gasteiger partial charge in [0.05, 0.1) is 6.42 Å². The quantitative estimate of drug-likeness (QED) is 0.729. The Kier molecular flexibility index (Phi) is 3.62. The van der Waals surface area contributed by atoms with Crippen LogP contribution in [0.25, 0.3) is 17.2 Å². The van der Waals surface area contributed by atoms with Crippen LogP contribution in [0.1, 0.15) is 11.5 Å². The van der Waals surface area contributed by atoms with Crippen molar-refractivity contribution < 1.29 is 14.0 Å². The highest BCUT2D eigenvalue weighted by molar-refractivity contribution is 5.61. The van der Waals surface area contributed by atoms with E-state index in [-0.39, 0.29) is 23.8 Å². The van der Waals surface area contributed by atoms with E-state index < -0.39 is 17.1 Å². The lowest BCUT2D eigenvalue weighted by Crippen LogP contribution is -2.15. The molecule has 0 unspecified atom stereocenters. The molecule has 3 aromatic rings. The van der Waals surface area contributed by atoms with Crippen LogP contribution in [0.2, 0.25) is 0 Å². The largest absolute Gasteiger partial charge is 0.501 e. The van der Waals surface area contributed by atoms with Crippen molar-refractivity contribution in [1.29, 1.82) is 0 Å². The van der Waals surface area contributed by atoms with E-state index in [1.165, 1.54) is 16.6 Å². The summed E-state index contributed by atoms with van der Waals surface area (Å²) in [5.41, 5.74) is 6.07. The van der Waals surface area contributed by atoms with Crippen LogP contribution in [0.15, 0.2) is 62.7 Å². The van der Waals surface area contributed by atoms with E-state index in [0.717, 1.165) is 5.56 Å². The Labute approximate surface area is 145 Å². The molecule has 0 radical (unpaired) electrons. The Morgan fingerprint density at radius 2 is 2.12 bits per heavy atom. The molecule has 1 N–H and O–H groups in total. The van der Waals surface area contributed by atoms with E-state index in [9.17, 15) is 14.3 Å². The minimum absolute atomic E-state index is 0.0104. The summed E-state index contributed by atoms with van der Waals surface area (Å²) in [6, 6.07) is 3.45. The molecule has 3 aromatic heterocycles. The van der Waals surface area contributed by atoms with Crippen LogP contribution in [0, 0.1) is 6.92 Å². The molecule has 7 nitrogen and oxygen atoms in total. The molecule has 0 spiro atoms. The second-order valence-corrected chi connectivity index (χ2v) is 5.69. The van der Waals surface area contributed by atoms with Gasteiger partial charge in [0.25, 0.3) is 0 Å². The van der Waals surface area contributed by atoms with Crippen LogP contribution in [-0.2, 0) is 6.42 Å². The lowest BCUT2D eigenvalue weighted by molar-refractivity contribution is 0.385. The maximum atomic E-state index is 12.9. The molecular formula is C18H11FN4O3. The van der Waals surface area contributed by atoms with Crippen molar-refractivity contribution >= 4 is 5.65 Å². The molecular weight excluding hydrogens is 339 g/mol. The van der Waals surface area contributed by atoms with Gasteiger partial charge in [-0.2, -0.15) is 9.37 Å². The molecule has 0 saturated heterocycles. The zero-order valence-electron chi connectivity index (χ0n) is 13.5. The molecule has 0 saturated carbocycles. The van der Waals surface area contributed by atoms with Gasteiger partial charge in [0.1, 0.15) is 5.65 Å². The Balaban J connectivity index is 1.75. The lowest BCUT2D eigenvalue weighted by Gasteiger charge is -2.04. The SMILES string of the molecule is Cc1ccc2nc(-c3noc(CC4=C=C=C(F)C=C4)n3)c(O)c(=O)n2c1. The fraction of sp³-hybridized carbons (Fsp3) is 0.111. The van der Waals surface area contributed by atoms with Gasteiger partial charge in [-0.25, -0.2) is 4.98 Å². The van der Waals surface area contributed by atoms with E-state index in [4.69, 9.17) is 4.52 Å². The van der Waals surface area contributed by atoms with E-state index in [0.29, 0.717) is 11.2 Å². The molecule has 0 aliphatic heterocycles. The number of aromatic hydroxyl groups is 1. The summed E-state index contributed by atoms with van der Waals surface area (Å²) >= 11 is 0. The predicted molar refractivity (Wildman–Crippen MR) is 89.2 cm³/mol. The molecule has 3 heterocycles. The Morgan fingerprint density at radius 3 is 2.88 bits per heavy atom. The van der Waals surface area contributed by atoms with Gasteiger partial charge in [0.2, 0.25) is 17.5 Å². The number of hydrogen-bond donors (Lipinski definition) is 1. The van der Waals surface area contributed by atoms with Crippen LogP contribution in [0.5, 0.6) is 5.75 Å². The smallest absolute Gasteiger partial charge is 0.300 e. The fourth-order valence-corrected chi connectivity index (χ4v) is 2.48. The summed E-state index contributed by atoms with van der Waals surface area (Å²) in [7, 11) is 0. The number of rotatable bonds is 3. The number of nitrogens with zero attached hydrogens (tertiary/aromatic N) is 4. The molecule has 0 amide bonds. The lowest BCUT2D eigenvalue weighted by atomic mass is 10.1. The highest BCUT2D eigenvalue weighted by Crippen LogP contribution is 2.23. The highest BCUT2D eigenvalue weighted by Gasteiger charge is 2.19. The standard InChI is InChI=1S/C18H11FN4O3/c1-10-2-7-13-20-15(16(24)18(25)23(13)9-10)17-21-14(26-22-17)8-11-3-5-12(19)6-4-11/h2-3,5,7,9,24H,8H2,1H3. The molecule has 0 aromatic carbocycles. The second kappa shape index (κ2) is 5.97. The monoisotopic (exact) mass is 350 g/mol. The topological polar surface area (TPSA) is 93.5 Å². The van der Waals surface area contributed by atoms with Crippen LogP contribution < -0.4 is 5.56 Å². The third kappa shape index (κ3) is 2.75. The normalized spacial score (nSPS) is 13.2. The van der Waals surface area contributed by atoms with Gasteiger partial charge >= 0.3 is 5.56 Å². The summed E-state index contributed by atoms with van der Waals surface area (Å²) in [4.78, 5) is 20.7.